The Balaban J connectivity index is 2.07. The van der Waals surface area contributed by atoms with Gasteiger partial charge in [-0.15, -0.1) is 0 Å². The van der Waals surface area contributed by atoms with Crippen LogP contribution in [-0.2, 0) is 15.7 Å². The number of ether oxygens (including phenoxy) is 1. The first-order valence-corrected chi connectivity index (χ1v) is 9.31. The van der Waals surface area contributed by atoms with Crippen LogP contribution in [0, 0.1) is 6.92 Å². The molecule has 5 heteroatoms. The molecule has 0 amide bonds. The molecule has 1 N–H and O–H groups in total. The maximum absolute atomic E-state index is 13.1. The highest BCUT2D eigenvalue weighted by atomic mass is 32.2. The first-order chi connectivity index (χ1) is 11.6. The Hall–Kier alpha value is -1.69. The Morgan fingerprint density at radius 1 is 1.21 bits per heavy atom. The van der Waals surface area contributed by atoms with Crippen molar-refractivity contribution in [2.75, 3.05) is 31.6 Å². The molecule has 1 aliphatic rings. The van der Waals surface area contributed by atoms with E-state index in [1.807, 2.05) is 42.5 Å². The zero-order chi connectivity index (χ0) is 17.1. The Morgan fingerprint density at radius 2 is 2.00 bits per heavy atom. The monoisotopic (exact) mass is 344 g/mol. The van der Waals surface area contributed by atoms with E-state index in [1.165, 1.54) is 0 Å². The van der Waals surface area contributed by atoms with Gasteiger partial charge in [0.2, 0.25) is 0 Å². The van der Waals surface area contributed by atoms with Gasteiger partial charge in [0.05, 0.1) is 16.6 Å². The van der Waals surface area contributed by atoms with Crippen LogP contribution in [0.15, 0.2) is 47.4 Å². The van der Waals surface area contributed by atoms with Gasteiger partial charge in [-0.25, -0.2) is 4.21 Å². The number of nitrogens with zero attached hydrogens (tertiary/aromatic N) is 1. The van der Waals surface area contributed by atoms with Crippen molar-refractivity contribution < 1.29 is 8.95 Å². The van der Waals surface area contributed by atoms with Crippen LogP contribution in [0.4, 0.5) is 5.69 Å². The SMILES string of the molecule is COCCCNC1c2ccccc2N(C)S(=O)c2cc(C)ccc21. The van der Waals surface area contributed by atoms with Crippen LogP contribution in [0.2, 0.25) is 0 Å². The lowest BCUT2D eigenvalue weighted by Crippen LogP contribution is -2.25. The van der Waals surface area contributed by atoms with Gasteiger partial charge in [-0.05, 0) is 48.7 Å². The number of hydrogen-bond donors (Lipinski definition) is 1. The third-order valence-electron chi connectivity index (χ3n) is 4.38. The summed E-state index contributed by atoms with van der Waals surface area (Å²) < 4.78 is 20.1. The summed E-state index contributed by atoms with van der Waals surface area (Å²) in [6.45, 7) is 3.61. The highest BCUT2D eigenvalue weighted by Gasteiger charge is 2.29. The molecule has 0 spiro atoms. The van der Waals surface area contributed by atoms with E-state index in [0.717, 1.165) is 46.8 Å². The number of hydrogen-bond acceptors (Lipinski definition) is 3. The van der Waals surface area contributed by atoms with Crippen LogP contribution in [-0.4, -0.2) is 31.5 Å². The molecule has 0 bridgehead atoms. The van der Waals surface area contributed by atoms with Crippen LogP contribution in [0.25, 0.3) is 0 Å². The molecular formula is C19H24N2O2S. The first-order valence-electron chi connectivity index (χ1n) is 8.21. The molecule has 0 radical (unpaired) electrons. The lowest BCUT2D eigenvalue weighted by Gasteiger charge is -2.22. The van der Waals surface area contributed by atoms with Crippen molar-refractivity contribution in [3.05, 3.63) is 59.2 Å². The zero-order valence-electron chi connectivity index (χ0n) is 14.4. The minimum Gasteiger partial charge on any atom is -0.385 e. The summed E-state index contributed by atoms with van der Waals surface area (Å²) in [6.07, 6.45) is 0.940. The average molecular weight is 344 g/mol. The van der Waals surface area contributed by atoms with Gasteiger partial charge in [-0.2, -0.15) is 0 Å². The molecule has 2 atom stereocenters. The van der Waals surface area contributed by atoms with Crippen LogP contribution in [0.1, 0.15) is 29.2 Å². The van der Waals surface area contributed by atoms with Crippen molar-refractivity contribution in [1.29, 1.82) is 0 Å². The van der Waals surface area contributed by atoms with Gasteiger partial charge in [0.15, 0.2) is 11.0 Å². The molecule has 128 valence electrons. The van der Waals surface area contributed by atoms with Gasteiger partial charge in [-0.1, -0.05) is 30.3 Å². The molecule has 1 aliphatic heterocycles. The molecule has 0 aromatic heterocycles. The van der Waals surface area contributed by atoms with Crippen LogP contribution >= 0.6 is 0 Å². The van der Waals surface area contributed by atoms with Gasteiger partial charge in [-0.3, -0.25) is 4.31 Å². The van der Waals surface area contributed by atoms with Crippen molar-refractivity contribution in [2.24, 2.45) is 0 Å². The zero-order valence-corrected chi connectivity index (χ0v) is 15.2. The highest BCUT2D eigenvalue weighted by molar-refractivity contribution is 7.86. The smallest absolute Gasteiger partial charge is 0.153 e. The number of aryl methyl sites for hydroxylation is 1. The van der Waals surface area contributed by atoms with Gasteiger partial charge in [0.25, 0.3) is 0 Å². The molecule has 3 rings (SSSR count). The molecule has 0 aliphatic carbocycles. The number of nitrogens with one attached hydrogen (secondary N) is 1. The lowest BCUT2D eigenvalue weighted by molar-refractivity contribution is 0.193. The minimum absolute atomic E-state index is 0.0301. The summed E-state index contributed by atoms with van der Waals surface area (Å²) in [5, 5.41) is 3.63. The molecule has 4 nitrogen and oxygen atoms in total. The second-order valence-electron chi connectivity index (χ2n) is 6.08. The van der Waals surface area contributed by atoms with Gasteiger partial charge in [0, 0.05) is 20.8 Å². The maximum atomic E-state index is 13.1. The fourth-order valence-electron chi connectivity index (χ4n) is 3.14. The summed E-state index contributed by atoms with van der Waals surface area (Å²) in [7, 11) is 2.41. The first kappa shape index (κ1) is 17.1. The molecule has 2 aromatic carbocycles. The maximum Gasteiger partial charge on any atom is 0.153 e. The average Bonchev–Trinajstić information content (AvgIpc) is 2.68. The fraction of sp³-hybridized carbons (Fsp3) is 0.368. The Bertz CT molecular complexity index is 748. The Labute approximate surface area is 146 Å². The Morgan fingerprint density at radius 3 is 2.79 bits per heavy atom. The summed E-state index contributed by atoms with van der Waals surface area (Å²) >= 11 is 0. The second kappa shape index (κ2) is 7.47. The van der Waals surface area contributed by atoms with Gasteiger partial charge < -0.3 is 10.1 Å². The molecule has 1 heterocycles. The topological polar surface area (TPSA) is 41.6 Å². The molecule has 0 fully saturated rings. The van der Waals surface area contributed by atoms with Crippen molar-refractivity contribution in [3.8, 4) is 0 Å². The van der Waals surface area contributed by atoms with Gasteiger partial charge in [0.1, 0.15) is 0 Å². The molecule has 0 saturated heterocycles. The molecular weight excluding hydrogens is 320 g/mol. The number of fused-ring (bicyclic) bond motifs is 2. The van der Waals surface area contributed by atoms with E-state index in [2.05, 4.69) is 23.5 Å². The van der Waals surface area contributed by atoms with Crippen molar-refractivity contribution in [1.82, 2.24) is 5.32 Å². The van der Waals surface area contributed by atoms with E-state index in [1.54, 1.807) is 7.11 Å². The second-order valence-corrected chi connectivity index (χ2v) is 7.57. The van der Waals surface area contributed by atoms with Crippen molar-refractivity contribution >= 4 is 16.7 Å². The molecule has 0 saturated carbocycles. The molecule has 24 heavy (non-hydrogen) atoms. The molecule has 2 aromatic rings. The lowest BCUT2D eigenvalue weighted by atomic mass is 9.96. The number of para-hydroxylation sites is 1. The predicted octanol–water partition coefficient (Wildman–Crippen LogP) is 3.18. The fourth-order valence-corrected chi connectivity index (χ4v) is 4.45. The van der Waals surface area contributed by atoms with Crippen molar-refractivity contribution in [2.45, 2.75) is 24.3 Å². The summed E-state index contributed by atoms with van der Waals surface area (Å²) in [5.74, 6) is 0. The van der Waals surface area contributed by atoms with E-state index >= 15 is 0 Å². The van der Waals surface area contributed by atoms with Crippen LogP contribution < -0.4 is 9.62 Å². The van der Waals surface area contributed by atoms with Gasteiger partial charge >= 0.3 is 0 Å². The third-order valence-corrected chi connectivity index (χ3v) is 5.80. The van der Waals surface area contributed by atoms with E-state index in [9.17, 15) is 4.21 Å². The van der Waals surface area contributed by atoms with E-state index in [0.29, 0.717) is 0 Å². The number of methoxy groups -OCH3 is 1. The number of rotatable bonds is 5. The van der Waals surface area contributed by atoms with E-state index < -0.39 is 11.0 Å². The predicted molar refractivity (Wildman–Crippen MR) is 98.8 cm³/mol. The summed E-state index contributed by atoms with van der Waals surface area (Å²) in [4.78, 5) is 0.887. The van der Waals surface area contributed by atoms with E-state index in [4.69, 9.17) is 4.74 Å². The normalized spacial score (nSPS) is 19.5. The number of benzene rings is 2. The molecule has 2 unspecified atom stereocenters. The quantitative estimate of drug-likeness (QED) is 0.847. The summed E-state index contributed by atoms with van der Waals surface area (Å²) in [6, 6.07) is 14.5. The third kappa shape index (κ3) is 3.24. The largest absolute Gasteiger partial charge is 0.385 e. The standard InChI is InChI=1S/C19H24N2O2S/c1-14-9-10-16-18(13-14)24(22)21(2)17-8-5-4-7-15(17)19(16)20-11-6-12-23-3/h4-5,7-10,13,19-20H,6,11-12H2,1-3H3. The van der Waals surface area contributed by atoms with Crippen LogP contribution in [0.3, 0.4) is 0 Å². The summed E-state index contributed by atoms with van der Waals surface area (Å²) in [5.41, 5.74) is 4.38. The highest BCUT2D eigenvalue weighted by Crippen LogP contribution is 2.38. The van der Waals surface area contributed by atoms with Crippen LogP contribution in [0.5, 0.6) is 0 Å². The number of anilines is 1. The van der Waals surface area contributed by atoms with Crippen molar-refractivity contribution in [3.63, 3.8) is 0 Å². The Kier molecular flexibility index (Phi) is 5.33. The minimum atomic E-state index is -1.21. The van der Waals surface area contributed by atoms with E-state index in [-0.39, 0.29) is 6.04 Å².